The molecule has 2 aromatic carbocycles. The Bertz CT molecular complexity index is 867. The summed E-state index contributed by atoms with van der Waals surface area (Å²) in [4.78, 5) is 9.32. The molecule has 0 amide bonds. The highest BCUT2D eigenvalue weighted by molar-refractivity contribution is 5.78. The molecule has 4 heteroatoms. The molecule has 0 N–H and O–H groups in total. The normalized spacial score (nSPS) is 11.0. The molecule has 0 atom stereocenters. The summed E-state index contributed by atoms with van der Waals surface area (Å²) in [7, 11) is 0. The van der Waals surface area contributed by atoms with E-state index in [1.165, 1.54) is 0 Å². The molecule has 2 aromatic heterocycles. The van der Waals surface area contributed by atoms with Gasteiger partial charge in [0.05, 0.1) is 11.9 Å². The number of nitrogens with zero attached hydrogens (tertiary/aromatic N) is 4. The highest BCUT2D eigenvalue weighted by atomic mass is 15.3. The SMILES string of the molecule is CCc1cn2nc(-c3ccccc3)c(-c3ccccc3)nc2n1. The van der Waals surface area contributed by atoms with E-state index in [9.17, 15) is 0 Å². The molecule has 2 heterocycles. The molecule has 0 radical (unpaired) electrons. The van der Waals surface area contributed by atoms with Crippen molar-refractivity contribution in [3.05, 3.63) is 72.6 Å². The average Bonchev–Trinajstić information content (AvgIpc) is 3.04. The van der Waals surface area contributed by atoms with Crippen LogP contribution in [0.3, 0.4) is 0 Å². The van der Waals surface area contributed by atoms with Crippen LogP contribution in [0.4, 0.5) is 0 Å². The number of aryl methyl sites for hydroxylation is 1. The Balaban J connectivity index is 2.01. The second kappa shape index (κ2) is 5.65. The summed E-state index contributed by atoms with van der Waals surface area (Å²) < 4.78 is 1.77. The zero-order chi connectivity index (χ0) is 15.6. The predicted molar refractivity (Wildman–Crippen MR) is 91.0 cm³/mol. The van der Waals surface area contributed by atoms with E-state index < -0.39 is 0 Å². The van der Waals surface area contributed by atoms with Crippen molar-refractivity contribution in [2.45, 2.75) is 13.3 Å². The molecular weight excluding hydrogens is 284 g/mol. The lowest BCUT2D eigenvalue weighted by molar-refractivity contribution is 0.910. The van der Waals surface area contributed by atoms with Gasteiger partial charge in [0.1, 0.15) is 11.4 Å². The van der Waals surface area contributed by atoms with Crippen molar-refractivity contribution in [2.24, 2.45) is 0 Å². The molecule has 0 aliphatic rings. The highest BCUT2D eigenvalue weighted by Gasteiger charge is 2.14. The molecule has 0 saturated heterocycles. The maximum absolute atomic E-state index is 4.78. The molecule has 0 fully saturated rings. The predicted octanol–water partition coefficient (Wildman–Crippen LogP) is 4.02. The first kappa shape index (κ1) is 13.6. The zero-order valence-electron chi connectivity index (χ0n) is 12.8. The Hall–Kier alpha value is -3.01. The molecule has 0 saturated carbocycles. The van der Waals surface area contributed by atoms with Crippen LogP contribution in [0, 0.1) is 0 Å². The minimum absolute atomic E-state index is 0.639. The number of hydrogen-bond acceptors (Lipinski definition) is 3. The summed E-state index contributed by atoms with van der Waals surface area (Å²) in [6, 6.07) is 20.3. The first-order valence-electron chi connectivity index (χ1n) is 7.72. The van der Waals surface area contributed by atoms with Crippen molar-refractivity contribution in [1.29, 1.82) is 0 Å². The molecule has 4 aromatic rings. The average molecular weight is 300 g/mol. The smallest absolute Gasteiger partial charge is 0.215 e. The fourth-order valence-corrected chi connectivity index (χ4v) is 2.62. The van der Waals surface area contributed by atoms with Gasteiger partial charge in [0.25, 0.3) is 5.78 Å². The molecule has 0 aliphatic heterocycles. The van der Waals surface area contributed by atoms with E-state index in [4.69, 9.17) is 10.1 Å². The van der Waals surface area contributed by atoms with E-state index in [-0.39, 0.29) is 0 Å². The molecule has 0 unspecified atom stereocenters. The van der Waals surface area contributed by atoms with Crippen molar-refractivity contribution in [2.75, 3.05) is 0 Å². The van der Waals surface area contributed by atoms with Crippen LogP contribution in [0.25, 0.3) is 28.3 Å². The molecule has 4 nitrogen and oxygen atoms in total. The van der Waals surface area contributed by atoms with Crippen molar-refractivity contribution in [3.8, 4) is 22.5 Å². The van der Waals surface area contributed by atoms with Crippen LogP contribution >= 0.6 is 0 Å². The third kappa shape index (κ3) is 2.48. The first-order chi connectivity index (χ1) is 11.3. The Morgan fingerprint density at radius 2 is 1.39 bits per heavy atom. The van der Waals surface area contributed by atoms with E-state index in [2.05, 4.69) is 36.2 Å². The summed E-state index contributed by atoms with van der Waals surface area (Å²) in [5.41, 5.74) is 4.81. The largest absolute Gasteiger partial charge is 0.251 e. The molecule has 0 aliphatic carbocycles. The Kier molecular flexibility index (Phi) is 3.35. The second-order valence-electron chi connectivity index (χ2n) is 5.37. The number of benzene rings is 2. The first-order valence-corrected chi connectivity index (χ1v) is 7.72. The minimum atomic E-state index is 0.639. The van der Waals surface area contributed by atoms with Gasteiger partial charge in [-0.1, -0.05) is 67.6 Å². The Labute approximate surface area is 134 Å². The third-order valence-corrected chi connectivity index (χ3v) is 3.82. The maximum Gasteiger partial charge on any atom is 0.251 e. The van der Waals surface area contributed by atoms with Gasteiger partial charge in [-0.2, -0.15) is 5.10 Å². The lowest BCUT2D eigenvalue weighted by Gasteiger charge is -2.08. The molecule has 23 heavy (non-hydrogen) atoms. The monoisotopic (exact) mass is 300 g/mol. The number of rotatable bonds is 3. The van der Waals surface area contributed by atoms with Gasteiger partial charge in [0, 0.05) is 11.1 Å². The third-order valence-electron chi connectivity index (χ3n) is 3.82. The summed E-state index contributed by atoms with van der Waals surface area (Å²) in [6.07, 6.45) is 2.82. The van der Waals surface area contributed by atoms with Crippen LogP contribution in [-0.4, -0.2) is 19.6 Å². The van der Waals surface area contributed by atoms with Gasteiger partial charge < -0.3 is 0 Å². The maximum atomic E-state index is 4.78. The van der Waals surface area contributed by atoms with Crippen LogP contribution in [0.5, 0.6) is 0 Å². The lowest BCUT2D eigenvalue weighted by Crippen LogP contribution is -2.00. The van der Waals surface area contributed by atoms with E-state index >= 15 is 0 Å². The van der Waals surface area contributed by atoms with E-state index in [1.807, 2.05) is 42.6 Å². The topological polar surface area (TPSA) is 43.1 Å². The summed E-state index contributed by atoms with van der Waals surface area (Å²) in [5, 5.41) is 4.78. The fourth-order valence-electron chi connectivity index (χ4n) is 2.62. The summed E-state index contributed by atoms with van der Waals surface area (Å²) in [6.45, 7) is 2.08. The van der Waals surface area contributed by atoms with E-state index in [0.717, 1.165) is 34.6 Å². The molecule has 0 spiro atoms. The van der Waals surface area contributed by atoms with Crippen LogP contribution in [0.1, 0.15) is 12.6 Å². The summed E-state index contributed by atoms with van der Waals surface area (Å²) >= 11 is 0. The minimum Gasteiger partial charge on any atom is -0.215 e. The fraction of sp³-hybridized carbons (Fsp3) is 0.105. The number of aromatic nitrogens is 4. The Morgan fingerprint density at radius 3 is 2.00 bits per heavy atom. The Morgan fingerprint density at radius 1 is 0.783 bits per heavy atom. The number of hydrogen-bond donors (Lipinski definition) is 0. The van der Waals surface area contributed by atoms with Gasteiger partial charge in [-0.05, 0) is 6.42 Å². The van der Waals surface area contributed by atoms with Crippen LogP contribution < -0.4 is 0 Å². The van der Waals surface area contributed by atoms with Crippen LogP contribution in [0.15, 0.2) is 66.9 Å². The van der Waals surface area contributed by atoms with Gasteiger partial charge in [-0.25, -0.2) is 14.5 Å². The quantitative estimate of drug-likeness (QED) is 0.574. The molecule has 4 rings (SSSR count). The number of imidazole rings is 1. The van der Waals surface area contributed by atoms with Gasteiger partial charge in [-0.15, -0.1) is 0 Å². The zero-order valence-corrected chi connectivity index (χ0v) is 12.8. The highest BCUT2D eigenvalue weighted by Crippen LogP contribution is 2.28. The molecule has 0 bridgehead atoms. The lowest BCUT2D eigenvalue weighted by atomic mass is 10.0. The second-order valence-corrected chi connectivity index (χ2v) is 5.37. The van der Waals surface area contributed by atoms with Gasteiger partial charge in [-0.3, -0.25) is 0 Å². The van der Waals surface area contributed by atoms with Crippen molar-refractivity contribution < 1.29 is 0 Å². The van der Waals surface area contributed by atoms with Crippen LogP contribution in [-0.2, 0) is 6.42 Å². The molecular formula is C19H16N4. The molecule has 112 valence electrons. The van der Waals surface area contributed by atoms with Crippen LogP contribution in [0.2, 0.25) is 0 Å². The van der Waals surface area contributed by atoms with Crippen molar-refractivity contribution in [3.63, 3.8) is 0 Å². The van der Waals surface area contributed by atoms with Gasteiger partial charge >= 0.3 is 0 Å². The van der Waals surface area contributed by atoms with E-state index in [1.54, 1.807) is 4.52 Å². The standard InChI is InChI=1S/C19H16N4/c1-2-16-13-23-19(20-16)21-17(14-9-5-3-6-10-14)18(22-23)15-11-7-4-8-12-15/h3-13H,2H2,1H3. The van der Waals surface area contributed by atoms with Crippen molar-refractivity contribution >= 4 is 5.78 Å². The van der Waals surface area contributed by atoms with Gasteiger partial charge in [0.2, 0.25) is 0 Å². The van der Waals surface area contributed by atoms with Gasteiger partial charge in [0.15, 0.2) is 0 Å². The number of fused-ring (bicyclic) bond motifs is 1. The van der Waals surface area contributed by atoms with E-state index in [0.29, 0.717) is 5.78 Å². The van der Waals surface area contributed by atoms with Crippen molar-refractivity contribution in [1.82, 2.24) is 19.6 Å². The summed E-state index contributed by atoms with van der Waals surface area (Å²) in [5.74, 6) is 0.639.